The second-order valence-electron chi connectivity index (χ2n) is 7.83. The zero-order valence-corrected chi connectivity index (χ0v) is 14.8. The van der Waals surface area contributed by atoms with Gasteiger partial charge in [0.1, 0.15) is 0 Å². The van der Waals surface area contributed by atoms with Crippen LogP contribution in [-0.4, -0.2) is 0 Å². The minimum absolute atomic E-state index is 0.829. The first-order chi connectivity index (χ1) is 9.45. The van der Waals surface area contributed by atoms with Crippen LogP contribution in [0.25, 0.3) is 0 Å². The van der Waals surface area contributed by atoms with Gasteiger partial charge in [0.25, 0.3) is 0 Å². The van der Waals surface area contributed by atoms with Crippen molar-refractivity contribution in [2.24, 2.45) is 29.6 Å². The second-order valence-corrected chi connectivity index (χ2v) is 7.83. The number of hydrogen-bond donors (Lipinski definition) is 0. The van der Waals surface area contributed by atoms with Crippen molar-refractivity contribution in [2.45, 2.75) is 86.0 Å². The standard InChI is InChI=1S/C20H38/c1-7-9-18(6)20-14-19(20)13-12-16(4)10-8-11-17(5)15(2)3/h15,17-20H,4,7-14H2,1-3,5-6H3. The Hall–Kier alpha value is -0.260. The molecule has 0 N–H and O–H groups in total. The summed E-state index contributed by atoms with van der Waals surface area (Å²) < 4.78 is 0. The summed E-state index contributed by atoms with van der Waals surface area (Å²) in [6, 6.07) is 0. The maximum absolute atomic E-state index is 4.30. The summed E-state index contributed by atoms with van der Waals surface area (Å²) in [7, 11) is 0. The fraction of sp³-hybridized carbons (Fsp3) is 0.900. The first-order valence-electron chi connectivity index (χ1n) is 9.12. The van der Waals surface area contributed by atoms with E-state index in [1.807, 2.05) is 0 Å². The minimum Gasteiger partial charge on any atom is -0.0999 e. The lowest BCUT2D eigenvalue weighted by molar-refractivity contribution is 0.381. The SMILES string of the molecule is C=C(CCCC(C)C(C)C)CCC1CC1C(C)CCC. The average Bonchev–Trinajstić information content (AvgIpc) is 3.16. The number of allylic oxidation sites excluding steroid dienone is 1. The topological polar surface area (TPSA) is 0 Å². The van der Waals surface area contributed by atoms with E-state index in [1.165, 1.54) is 56.9 Å². The molecule has 0 bridgehead atoms. The molecule has 1 saturated carbocycles. The van der Waals surface area contributed by atoms with Gasteiger partial charge in [-0.1, -0.05) is 66.0 Å². The predicted octanol–water partition coefficient (Wildman–Crippen LogP) is 6.86. The number of hydrogen-bond acceptors (Lipinski definition) is 0. The third-order valence-corrected chi connectivity index (χ3v) is 5.65. The van der Waals surface area contributed by atoms with Crippen LogP contribution < -0.4 is 0 Å². The largest absolute Gasteiger partial charge is 0.0999 e. The first kappa shape index (κ1) is 17.8. The Morgan fingerprint density at radius 3 is 2.40 bits per heavy atom. The van der Waals surface area contributed by atoms with Crippen LogP contribution in [-0.2, 0) is 0 Å². The molecule has 0 heteroatoms. The zero-order chi connectivity index (χ0) is 15.1. The van der Waals surface area contributed by atoms with Gasteiger partial charge < -0.3 is 0 Å². The van der Waals surface area contributed by atoms with Crippen molar-refractivity contribution in [3.8, 4) is 0 Å². The summed E-state index contributed by atoms with van der Waals surface area (Å²) >= 11 is 0. The molecule has 0 spiro atoms. The Kier molecular flexibility index (Phi) is 7.92. The van der Waals surface area contributed by atoms with E-state index in [1.54, 1.807) is 0 Å². The molecule has 0 amide bonds. The van der Waals surface area contributed by atoms with Gasteiger partial charge >= 0.3 is 0 Å². The summed E-state index contributed by atoms with van der Waals surface area (Å²) in [6.45, 7) is 16.1. The predicted molar refractivity (Wildman–Crippen MR) is 91.9 cm³/mol. The summed E-state index contributed by atoms with van der Waals surface area (Å²) in [4.78, 5) is 0. The Labute approximate surface area is 128 Å². The van der Waals surface area contributed by atoms with Crippen molar-refractivity contribution < 1.29 is 0 Å². The van der Waals surface area contributed by atoms with Gasteiger partial charge in [0, 0.05) is 0 Å². The van der Waals surface area contributed by atoms with Gasteiger partial charge in [-0.25, -0.2) is 0 Å². The molecule has 0 nitrogen and oxygen atoms in total. The van der Waals surface area contributed by atoms with Crippen LogP contribution in [0.4, 0.5) is 0 Å². The molecule has 0 saturated heterocycles. The Morgan fingerprint density at radius 2 is 1.80 bits per heavy atom. The fourth-order valence-corrected chi connectivity index (χ4v) is 3.49. The van der Waals surface area contributed by atoms with E-state index < -0.39 is 0 Å². The van der Waals surface area contributed by atoms with Gasteiger partial charge in [0.05, 0.1) is 0 Å². The highest BCUT2D eigenvalue weighted by Crippen LogP contribution is 2.48. The first-order valence-corrected chi connectivity index (χ1v) is 9.12. The summed E-state index contributed by atoms with van der Waals surface area (Å²) in [5.41, 5.74) is 1.51. The van der Waals surface area contributed by atoms with Gasteiger partial charge in [-0.15, -0.1) is 0 Å². The average molecular weight is 279 g/mol. The summed E-state index contributed by atoms with van der Waals surface area (Å²) in [5.74, 6) is 4.73. The fourth-order valence-electron chi connectivity index (χ4n) is 3.49. The van der Waals surface area contributed by atoms with E-state index in [0.717, 1.165) is 29.6 Å². The molecule has 1 fully saturated rings. The third-order valence-electron chi connectivity index (χ3n) is 5.65. The van der Waals surface area contributed by atoms with E-state index in [4.69, 9.17) is 0 Å². The highest BCUT2D eigenvalue weighted by atomic mass is 14.4. The molecule has 20 heavy (non-hydrogen) atoms. The molecule has 0 aromatic heterocycles. The van der Waals surface area contributed by atoms with Crippen LogP contribution in [0.5, 0.6) is 0 Å². The third kappa shape index (κ3) is 6.46. The van der Waals surface area contributed by atoms with Crippen LogP contribution in [0.1, 0.15) is 86.0 Å². The molecule has 1 rings (SSSR count). The minimum atomic E-state index is 0.829. The Balaban J connectivity index is 2.04. The molecule has 0 radical (unpaired) electrons. The second kappa shape index (κ2) is 8.90. The number of rotatable bonds is 11. The zero-order valence-electron chi connectivity index (χ0n) is 14.8. The maximum atomic E-state index is 4.30. The lowest BCUT2D eigenvalue weighted by Crippen LogP contribution is -2.03. The van der Waals surface area contributed by atoms with E-state index >= 15 is 0 Å². The molecule has 0 aromatic carbocycles. The van der Waals surface area contributed by atoms with Gasteiger partial charge in [0.2, 0.25) is 0 Å². The van der Waals surface area contributed by atoms with Crippen molar-refractivity contribution >= 4 is 0 Å². The lowest BCUT2D eigenvalue weighted by Gasteiger charge is -2.15. The van der Waals surface area contributed by atoms with Crippen molar-refractivity contribution in [1.82, 2.24) is 0 Å². The molecule has 4 unspecified atom stereocenters. The smallest absolute Gasteiger partial charge is 0.0320 e. The van der Waals surface area contributed by atoms with Crippen molar-refractivity contribution in [1.29, 1.82) is 0 Å². The van der Waals surface area contributed by atoms with Gasteiger partial charge in [-0.2, -0.15) is 0 Å². The Morgan fingerprint density at radius 1 is 1.10 bits per heavy atom. The molecule has 0 aliphatic heterocycles. The molecule has 4 atom stereocenters. The highest BCUT2D eigenvalue weighted by molar-refractivity contribution is 4.98. The van der Waals surface area contributed by atoms with Crippen LogP contribution in [0.3, 0.4) is 0 Å². The van der Waals surface area contributed by atoms with E-state index in [9.17, 15) is 0 Å². The molecule has 0 aromatic rings. The summed E-state index contributed by atoms with van der Waals surface area (Å²) in [5, 5.41) is 0. The maximum Gasteiger partial charge on any atom is -0.0320 e. The van der Waals surface area contributed by atoms with E-state index in [-0.39, 0.29) is 0 Å². The lowest BCUT2D eigenvalue weighted by atomic mass is 9.91. The molecular formula is C20H38. The molecular weight excluding hydrogens is 240 g/mol. The van der Waals surface area contributed by atoms with E-state index in [2.05, 4.69) is 41.2 Å². The van der Waals surface area contributed by atoms with Crippen molar-refractivity contribution in [3.63, 3.8) is 0 Å². The molecule has 118 valence electrons. The molecule has 1 aliphatic rings. The van der Waals surface area contributed by atoms with Crippen molar-refractivity contribution in [3.05, 3.63) is 12.2 Å². The van der Waals surface area contributed by atoms with Crippen LogP contribution in [0.2, 0.25) is 0 Å². The summed E-state index contributed by atoms with van der Waals surface area (Å²) in [6.07, 6.45) is 11.0. The Bertz CT molecular complexity index is 276. The van der Waals surface area contributed by atoms with Crippen LogP contribution >= 0.6 is 0 Å². The monoisotopic (exact) mass is 278 g/mol. The highest BCUT2D eigenvalue weighted by Gasteiger charge is 2.39. The van der Waals surface area contributed by atoms with Gasteiger partial charge in [0.15, 0.2) is 0 Å². The quantitative estimate of drug-likeness (QED) is 0.362. The van der Waals surface area contributed by atoms with E-state index in [0.29, 0.717) is 0 Å². The molecule has 1 aliphatic carbocycles. The van der Waals surface area contributed by atoms with Crippen LogP contribution in [0.15, 0.2) is 12.2 Å². The van der Waals surface area contributed by atoms with Gasteiger partial charge in [-0.05, 0) is 61.7 Å². The normalized spacial score (nSPS) is 24.7. The molecule has 0 heterocycles. The van der Waals surface area contributed by atoms with Gasteiger partial charge in [-0.3, -0.25) is 0 Å². The van der Waals surface area contributed by atoms with Crippen LogP contribution in [0, 0.1) is 29.6 Å². The van der Waals surface area contributed by atoms with Crippen molar-refractivity contribution in [2.75, 3.05) is 0 Å².